The molecular weight excluding hydrogens is 304 g/mol. The average Bonchev–Trinajstić information content (AvgIpc) is 3.03. The van der Waals surface area contributed by atoms with Gasteiger partial charge in [-0.1, -0.05) is 42.5 Å². The first-order valence-corrected chi connectivity index (χ1v) is 7.88. The minimum Gasteiger partial charge on any atom is -0.354 e. The van der Waals surface area contributed by atoms with Crippen LogP contribution in [0.3, 0.4) is 0 Å². The third-order valence-electron chi connectivity index (χ3n) is 3.80. The van der Waals surface area contributed by atoms with Crippen LogP contribution in [0.4, 0.5) is 5.95 Å². The number of aromatic amines is 1. The highest BCUT2D eigenvalue weighted by Gasteiger charge is 2.12. The fraction of sp³-hybridized carbons (Fsp3) is 0.294. The number of hydrogen-bond donors (Lipinski definition) is 2. The van der Waals surface area contributed by atoms with Crippen LogP contribution < -0.4 is 10.9 Å². The maximum absolute atomic E-state index is 11.4. The van der Waals surface area contributed by atoms with E-state index in [1.54, 1.807) is 11.6 Å². The molecule has 3 rings (SSSR count). The van der Waals surface area contributed by atoms with E-state index in [1.807, 2.05) is 24.4 Å². The highest BCUT2D eigenvalue weighted by molar-refractivity contribution is 5.26. The van der Waals surface area contributed by atoms with Gasteiger partial charge in [-0.2, -0.15) is 0 Å². The fourth-order valence-electron chi connectivity index (χ4n) is 2.49. The maximum atomic E-state index is 11.4. The first-order chi connectivity index (χ1) is 11.6. The van der Waals surface area contributed by atoms with E-state index in [-0.39, 0.29) is 11.5 Å². The van der Waals surface area contributed by atoms with Gasteiger partial charge in [0.15, 0.2) is 0 Å². The Kier molecular flexibility index (Phi) is 4.69. The lowest BCUT2D eigenvalue weighted by Crippen LogP contribution is -2.16. The largest absolute Gasteiger partial charge is 0.354 e. The number of aromatic nitrogens is 5. The standard InChI is InChI=1S/C17H20N6O/c1-12-10-16(24)20-17(19-12)18-8-9-23-11-15(21-22-23)13(2)14-6-4-3-5-7-14/h3-7,10-11,13H,8-9H2,1-2H3,(H2,18,19,20,24)/t13-/m0/s1. The van der Waals surface area contributed by atoms with Gasteiger partial charge >= 0.3 is 0 Å². The zero-order valence-corrected chi connectivity index (χ0v) is 13.7. The fourth-order valence-corrected chi connectivity index (χ4v) is 2.49. The zero-order valence-electron chi connectivity index (χ0n) is 13.7. The average molecular weight is 324 g/mol. The quantitative estimate of drug-likeness (QED) is 0.723. The molecule has 24 heavy (non-hydrogen) atoms. The van der Waals surface area contributed by atoms with Crippen molar-refractivity contribution in [3.05, 3.63) is 69.9 Å². The van der Waals surface area contributed by atoms with Gasteiger partial charge in [-0.25, -0.2) is 4.98 Å². The lowest BCUT2D eigenvalue weighted by Gasteiger charge is -2.07. The third kappa shape index (κ3) is 3.87. The third-order valence-corrected chi connectivity index (χ3v) is 3.80. The van der Waals surface area contributed by atoms with Crippen LogP contribution >= 0.6 is 0 Å². The molecule has 0 fully saturated rings. The molecule has 0 aliphatic heterocycles. The van der Waals surface area contributed by atoms with Gasteiger partial charge in [-0.15, -0.1) is 5.10 Å². The topological polar surface area (TPSA) is 88.5 Å². The first kappa shape index (κ1) is 15.9. The predicted octanol–water partition coefficient (Wildman–Crippen LogP) is 1.93. The van der Waals surface area contributed by atoms with Gasteiger partial charge in [0.05, 0.1) is 12.2 Å². The van der Waals surface area contributed by atoms with E-state index in [2.05, 4.69) is 44.7 Å². The van der Waals surface area contributed by atoms with E-state index in [4.69, 9.17) is 0 Å². The molecule has 0 saturated carbocycles. The first-order valence-electron chi connectivity index (χ1n) is 7.88. The number of rotatable bonds is 6. The van der Waals surface area contributed by atoms with E-state index in [1.165, 1.54) is 11.6 Å². The number of nitrogens with one attached hydrogen (secondary N) is 2. The molecule has 0 amide bonds. The molecule has 0 unspecified atom stereocenters. The second-order valence-electron chi connectivity index (χ2n) is 5.70. The summed E-state index contributed by atoms with van der Waals surface area (Å²) < 4.78 is 1.79. The lowest BCUT2D eigenvalue weighted by molar-refractivity contribution is 0.607. The van der Waals surface area contributed by atoms with E-state index >= 15 is 0 Å². The van der Waals surface area contributed by atoms with Crippen molar-refractivity contribution in [1.29, 1.82) is 0 Å². The molecule has 2 N–H and O–H groups in total. The van der Waals surface area contributed by atoms with E-state index < -0.39 is 0 Å². The second-order valence-corrected chi connectivity index (χ2v) is 5.70. The Morgan fingerprint density at radius 2 is 2.08 bits per heavy atom. The van der Waals surface area contributed by atoms with E-state index in [0.29, 0.717) is 24.7 Å². The number of hydrogen-bond acceptors (Lipinski definition) is 5. The zero-order chi connectivity index (χ0) is 16.9. The predicted molar refractivity (Wildman–Crippen MR) is 92.1 cm³/mol. The van der Waals surface area contributed by atoms with Crippen LogP contribution in [-0.2, 0) is 6.54 Å². The number of anilines is 1. The minimum absolute atomic E-state index is 0.162. The Hall–Kier alpha value is -2.96. The lowest BCUT2D eigenvalue weighted by atomic mass is 9.99. The molecule has 7 nitrogen and oxygen atoms in total. The molecule has 2 aromatic heterocycles. The van der Waals surface area contributed by atoms with Gasteiger partial charge in [0, 0.05) is 30.4 Å². The van der Waals surface area contributed by atoms with Gasteiger partial charge < -0.3 is 5.32 Å². The molecule has 7 heteroatoms. The summed E-state index contributed by atoms with van der Waals surface area (Å²) in [4.78, 5) is 18.3. The normalized spacial score (nSPS) is 12.1. The molecule has 0 aliphatic carbocycles. The number of nitrogens with zero attached hydrogens (tertiary/aromatic N) is 4. The Morgan fingerprint density at radius 1 is 1.29 bits per heavy atom. The molecule has 0 spiro atoms. The molecule has 1 aromatic carbocycles. The highest BCUT2D eigenvalue weighted by Crippen LogP contribution is 2.21. The molecule has 0 radical (unpaired) electrons. The molecule has 0 bridgehead atoms. The Morgan fingerprint density at radius 3 is 2.83 bits per heavy atom. The molecule has 0 saturated heterocycles. The summed E-state index contributed by atoms with van der Waals surface area (Å²) in [5.74, 6) is 0.667. The molecule has 3 aromatic rings. The second kappa shape index (κ2) is 7.08. The summed E-state index contributed by atoms with van der Waals surface area (Å²) in [6.07, 6.45) is 1.95. The van der Waals surface area contributed by atoms with Gasteiger partial charge in [-0.3, -0.25) is 14.5 Å². The summed E-state index contributed by atoms with van der Waals surface area (Å²) >= 11 is 0. The summed E-state index contributed by atoms with van der Waals surface area (Å²) in [5.41, 5.74) is 2.67. The van der Waals surface area contributed by atoms with Crippen LogP contribution in [0.5, 0.6) is 0 Å². The smallest absolute Gasteiger partial charge is 0.252 e. The SMILES string of the molecule is Cc1cc(=O)[nH]c(NCCn2cc([C@@H](C)c3ccccc3)nn2)n1. The van der Waals surface area contributed by atoms with Crippen LogP contribution in [0.15, 0.2) is 47.4 Å². The van der Waals surface area contributed by atoms with Gasteiger partial charge in [0.1, 0.15) is 0 Å². The Bertz CT molecular complexity index is 855. The minimum atomic E-state index is -0.162. The van der Waals surface area contributed by atoms with Gasteiger partial charge in [-0.05, 0) is 12.5 Å². The van der Waals surface area contributed by atoms with Crippen LogP contribution in [-0.4, -0.2) is 31.5 Å². The Balaban J connectivity index is 1.59. The van der Waals surface area contributed by atoms with E-state index in [9.17, 15) is 4.79 Å². The Labute approximate surface area is 139 Å². The summed E-state index contributed by atoms with van der Waals surface area (Å²) in [5, 5.41) is 11.5. The van der Waals surface area contributed by atoms with Crippen molar-refractivity contribution >= 4 is 5.95 Å². The molecule has 124 valence electrons. The molecule has 1 atom stereocenters. The monoisotopic (exact) mass is 324 g/mol. The summed E-state index contributed by atoms with van der Waals surface area (Å²) in [6, 6.07) is 11.7. The van der Waals surface area contributed by atoms with Crippen LogP contribution in [0, 0.1) is 6.92 Å². The number of benzene rings is 1. The highest BCUT2D eigenvalue weighted by atomic mass is 16.1. The van der Waals surface area contributed by atoms with Crippen LogP contribution in [0.2, 0.25) is 0 Å². The van der Waals surface area contributed by atoms with Crippen LogP contribution in [0.1, 0.15) is 29.8 Å². The number of aryl methyl sites for hydroxylation is 1. The van der Waals surface area contributed by atoms with Crippen molar-refractivity contribution < 1.29 is 0 Å². The van der Waals surface area contributed by atoms with Crippen molar-refractivity contribution in [1.82, 2.24) is 25.0 Å². The molecule has 0 aliphatic rings. The van der Waals surface area contributed by atoms with Crippen molar-refractivity contribution in [3.8, 4) is 0 Å². The molecular formula is C17H20N6O. The van der Waals surface area contributed by atoms with E-state index in [0.717, 1.165) is 5.69 Å². The van der Waals surface area contributed by atoms with Gasteiger partial charge in [0.2, 0.25) is 5.95 Å². The van der Waals surface area contributed by atoms with Crippen molar-refractivity contribution in [2.75, 3.05) is 11.9 Å². The van der Waals surface area contributed by atoms with Crippen molar-refractivity contribution in [3.63, 3.8) is 0 Å². The van der Waals surface area contributed by atoms with Crippen molar-refractivity contribution in [2.45, 2.75) is 26.3 Å². The number of H-pyrrole nitrogens is 1. The molecule has 2 heterocycles. The summed E-state index contributed by atoms with van der Waals surface area (Å²) in [7, 11) is 0. The van der Waals surface area contributed by atoms with Gasteiger partial charge in [0.25, 0.3) is 5.56 Å². The maximum Gasteiger partial charge on any atom is 0.252 e. The van der Waals surface area contributed by atoms with Crippen molar-refractivity contribution in [2.24, 2.45) is 0 Å². The summed E-state index contributed by atoms with van der Waals surface area (Å²) in [6.45, 7) is 5.12. The van der Waals surface area contributed by atoms with Crippen LogP contribution in [0.25, 0.3) is 0 Å².